The Morgan fingerprint density at radius 3 is 2.53 bits per heavy atom. The van der Waals surface area contributed by atoms with Gasteiger partial charge in [0.05, 0.1) is 5.69 Å². The third-order valence-electron chi connectivity index (χ3n) is 5.90. The molecule has 2 aliphatic heterocycles. The molecule has 2 aliphatic rings. The van der Waals surface area contributed by atoms with Gasteiger partial charge in [0.1, 0.15) is 11.6 Å². The van der Waals surface area contributed by atoms with Gasteiger partial charge in [0, 0.05) is 55.6 Å². The minimum atomic E-state index is 0.0195. The first kappa shape index (κ1) is 20.3. The number of aromatic nitrogens is 3. The monoisotopic (exact) mass is 411 g/mol. The third kappa shape index (κ3) is 4.46. The summed E-state index contributed by atoms with van der Waals surface area (Å²) in [6.45, 7) is 4.83. The number of piperidine rings is 1. The Morgan fingerprint density at radius 2 is 1.87 bits per heavy atom. The highest BCUT2D eigenvalue weighted by molar-refractivity contribution is 5.81. The number of hydrogen-bond donors (Lipinski definition) is 3. The number of pyridine rings is 1. The van der Waals surface area contributed by atoms with Crippen molar-refractivity contribution in [1.82, 2.24) is 20.3 Å². The number of nitrogen functional groups attached to an aromatic ring is 2. The van der Waals surface area contributed by atoms with Gasteiger partial charge in [-0.25, -0.2) is 9.97 Å². The SMILES string of the molecule is Cc1nc(N)nc(N2CCC(C(=O)NC3CCOCC3)CC2)c1-c1ccc(N)nc1. The maximum Gasteiger partial charge on any atom is 0.223 e. The second-order valence-electron chi connectivity index (χ2n) is 7.99. The van der Waals surface area contributed by atoms with Crippen molar-refractivity contribution in [1.29, 1.82) is 0 Å². The lowest BCUT2D eigenvalue weighted by Gasteiger charge is -2.34. The molecule has 9 heteroatoms. The van der Waals surface area contributed by atoms with Crippen LogP contribution >= 0.6 is 0 Å². The number of nitrogens with one attached hydrogen (secondary N) is 1. The minimum absolute atomic E-state index is 0.0195. The molecule has 0 aromatic carbocycles. The molecule has 0 atom stereocenters. The van der Waals surface area contributed by atoms with E-state index in [1.54, 1.807) is 12.3 Å². The van der Waals surface area contributed by atoms with Crippen molar-refractivity contribution in [2.24, 2.45) is 5.92 Å². The number of hydrogen-bond acceptors (Lipinski definition) is 8. The predicted octanol–water partition coefficient (Wildman–Crippen LogP) is 1.52. The molecule has 2 fully saturated rings. The van der Waals surface area contributed by atoms with Crippen LogP contribution in [-0.4, -0.2) is 53.2 Å². The molecule has 0 bridgehead atoms. The van der Waals surface area contributed by atoms with E-state index in [4.69, 9.17) is 16.2 Å². The van der Waals surface area contributed by atoms with Gasteiger partial charge in [-0.15, -0.1) is 0 Å². The van der Waals surface area contributed by atoms with Crippen LogP contribution in [0.4, 0.5) is 17.6 Å². The number of nitrogens with zero attached hydrogens (tertiary/aromatic N) is 4. The van der Waals surface area contributed by atoms with Crippen LogP contribution in [0.25, 0.3) is 11.1 Å². The highest BCUT2D eigenvalue weighted by Gasteiger charge is 2.29. The van der Waals surface area contributed by atoms with E-state index in [0.717, 1.165) is 74.6 Å². The third-order valence-corrected chi connectivity index (χ3v) is 5.90. The van der Waals surface area contributed by atoms with Gasteiger partial charge in [0.15, 0.2) is 0 Å². The maximum absolute atomic E-state index is 12.7. The topological polar surface area (TPSA) is 132 Å². The Labute approximate surface area is 176 Å². The fourth-order valence-corrected chi connectivity index (χ4v) is 4.21. The molecule has 30 heavy (non-hydrogen) atoms. The zero-order valence-corrected chi connectivity index (χ0v) is 17.3. The Morgan fingerprint density at radius 1 is 1.13 bits per heavy atom. The van der Waals surface area contributed by atoms with Gasteiger partial charge in [0.2, 0.25) is 11.9 Å². The van der Waals surface area contributed by atoms with Gasteiger partial charge in [-0.3, -0.25) is 4.79 Å². The van der Waals surface area contributed by atoms with Gasteiger partial charge in [0.25, 0.3) is 0 Å². The summed E-state index contributed by atoms with van der Waals surface area (Å²) in [7, 11) is 0. The molecule has 0 saturated carbocycles. The van der Waals surface area contributed by atoms with Crippen LogP contribution in [0.15, 0.2) is 18.3 Å². The lowest BCUT2D eigenvalue weighted by atomic mass is 9.94. The zero-order chi connectivity index (χ0) is 21.1. The Bertz CT molecular complexity index is 889. The van der Waals surface area contributed by atoms with E-state index in [1.807, 2.05) is 13.0 Å². The number of aryl methyl sites for hydroxylation is 1. The van der Waals surface area contributed by atoms with Crippen LogP contribution in [0.1, 0.15) is 31.4 Å². The molecule has 4 rings (SSSR count). The maximum atomic E-state index is 12.7. The van der Waals surface area contributed by atoms with Crippen molar-refractivity contribution in [2.45, 2.75) is 38.6 Å². The lowest BCUT2D eigenvalue weighted by Crippen LogP contribution is -2.45. The van der Waals surface area contributed by atoms with Crippen LogP contribution in [0.3, 0.4) is 0 Å². The zero-order valence-electron chi connectivity index (χ0n) is 17.3. The molecule has 0 spiro atoms. The molecule has 5 N–H and O–H groups in total. The van der Waals surface area contributed by atoms with Crippen molar-refractivity contribution >= 4 is 23.5 Å². The summed E-state index contributed by atoms with van der Waals surface area (Å²) in [5, 5.41) is 3.20. The first-order chi connectivity index (χ1) is 14.5. The molecule has 1 amide bonds. The number of ether oxygens (including phenoxy) is 1. The second-order valence-corrected chi connectivity index (χ2v) is 7.99. The molecule has 2 saturated heterocycles. The van der Waals surface area contributed by atoms with Gasteiger partial charge in [-0.1, -0.05) is 0 Å². The average Bonchev–Trinajstić information content (AvgIpc) is 2.75. The lowest BCUT2D eigenvalue weighted by molar-refractivity contribution is -0.126. The van der Waals surface area contributed by atoms with Crippen LogP contribution < -0.4 is 21.7 Å². The summed E-state index contributed by atoms with van der Waals surface area (Å²) in [6.07, 6.45) is 5.07. The number of amides is 1. The molecular formula is C21H29N7O2. The van der Waals surface area contributed by atoms with Crippen molar-refractivity contribution in [3.05, 3.63) is 24.0 Å². The first-order valence-corrected chi connectivity index (χ1v) is 10.5. The van der Waals surface area contributed by atoms with E-state index >= 15 is 0 Å². The van der Waals surface area contributed by atoms with Crippen molar-refractivity contribution in [3.63, 3.8) is 0 Å². The Kier molecular flexibility index (Phi) is 5.98. The fourth-order valence-electron chi connectivity index (χ4n) is 4.21. The van der Waals surface area contributed by atoms with E-state index in [9.17, 15) is 4.79 Å². The highest BCUT2D eigenvalue weighted by atomic mass is 16.5. The molecule has 2 aromatic rings. The molecule has 9 nitrogen and oxygen atoms in total. The van der Waals surface area contributed by atoms with E-state index in [0.29, 0.717) is 5.82 Å². The number of nitrogens with two attached hydrogens (primary N) is 2. The molecule has 0 unspecified atom stereocenters. The van der Waals surface area contributed by atoms with Crippen LogP contribution in [0, 0.1) is 12.8 Å². The van der Waals surface area contributed by atoms with Gasteiger partial charge < -0.3 is 26.4 Å². The molecule has 4 heterocycles. The fraction of sp³-hybridized carbons (Fsp3) is 0.524. The Hall–Kier alpha value is -2.94. The minimum Gasteiger partial charge on any atom is -0.384 e. The molecular weight excluding hydrogens is 382 g/mol. The highest BCUT2D eigenvalue weighted by Crippen LogP contribution is 2.34. The van der Waals surface area contributed by atoms with E-state index in [2.05, 4.69) is 25.2 Å². The quantitative estimate of drug-likeness (QED) is 0.690. The summed E-state index contributed by atoms with van der Waals surface area (Å²) in [6, 6.07) is 3.92. The number of rotatable bonds is 4. The smallest absolute Gasteiger partial charge is 0.223 e. The van der Waals surface area contributed by atoms with E-state index in [-0.39, 0.29) is 23.8 Å². The van der Waals surface area contributed by atoms with E-state index < -0.39 is 0 Å². The van der Waals surface area contributed by atoms with Crippen LogP contribution in [0.2, 0.25) is 0 Å². The van der Waals surface area contributed by atoms with Crippen LogP contribution in [0.5, 0.6) is 0 Å². The first-order valence-electron chi connectivity index (χ1n) is 10.5. The largest absolute Gasteiger partial charge is 0.384 e. The molecule has 0 aliphatic carbocycles. The number of anilines is 3. The van der Waals surface area contributed by atoms with Gasteiger partial charge >= 0.3 is 0 Å². The summed E-state index contributed by atoms with van der Waals surface area (Å²) in [4.78, 5) is 28.0. The molecule has 2 aromatic heterocycles. The average molecular weight is 412 g/mol. The van der Waals surface area contributed by atoms with Crippen molar-refractivity contribution in [3.8, 4) is 11.1 Å². The van der Waals surface area contributed by atoms with E-state index in [1.165, 1.54) is 0 Å². The van der Waals surface area contributed by atoms with Gasteiger partial charge in [-0.2, -0.15) is 4.98 Å². The van der Waals surface area contributed by atoms with Crippen molar-refractivity contribution in [2.75, 3.05) is 42.7 Å². The number of carbonyl (C=O) groups excluding carboxylic acids is 1. The second kappa shape index (κ2) is 8.83. The molecule has 0 radical (unpaired) electrons. The molecule has 160 valence electrons. The van der Waals surface area contributed by atoms with Crippen LogP contribution in [-0.2, 0) is 9.53 Å². The predicted molar refractivity (Wildman–Crippen MR) is 116 cm³/mol. The normalized spacial score (nSPS) is 18.4. The summed E-state index contributed by atoms with van der Waals surface area (Å²) in [5.74, 6) is 1.67. The Balaban J connectivity index is 1.48. The summed E-state index contributed by atoms with van der Waals surface area (Å²) < 4.78 is 5.37. The number of carbonyl (C=O) groups is 1. The summed E-state index contributed by atoms with van der Waals surface area (Å²) in [5.41, 5.74) is 14.3. The van der Waals surface area contributed by atoms with Crippen molar-refractivity contribution < 1.29 is 9.53 Å². The summed E-state index contributed by atoms with van der Waals surface area (Å²) >= 11 is 0. The van der Waals surface area contributed by atoms with Gasteiger partial charge in [-0.05, 0) is 44.7 Å². The standard InChI is InChI=1S/C21H29N7O2/c1-13-18(15-2-3-17(22)24-12-15)19(27-21(23)25-13)28-8-4-14(5-9-28)20(29)26-16-6-10-30-11-7-16/h2-3,12,14,16H,4-11H2,1H3,(H2,22,24)(H,26,29)(H2,23,25,27).